The zero-order valence-electron chi connectivity index (χ0n) is 15.9. The smallest absolute Gasteiger partial charge is 0.194 e. The van der Waals surface area contributed by atoms with Gasteiger partial charge in [-0.2, -0.15) is 0 Å². The number of hydrogen-bond donors (Lipinski definition) is 2. The summed E-state index contributed by atoms with van der Waals surface area (Å²) in [6, 6.07) is 11.4. The zero-order chi connectivity index (χ0) is 19.9. The van der Waals surface area contributed by atoms with Crippen molar-refractivity contribution in [1.29, 1.82) is 0 Å². The molecule has 2 N–H and O–H groups in total. The molecule has 0 spiro atoms. The standard InChI is InChI=1S/C19H27N3O3S2/c1-4-20-19(22(3)13-16-9-6-5-8-15(16)2)21-12-17(23)14-27(24,25)18-10-7-11-26-18/h5-11,17,23H,4,12-14H2,1-3H3,(H,20,21). The number of thiophene rings is 1. The minimum atomic E-state index is -3.49. The van der Waals surface area contributed by atoms with E-state index in [0.717, 1.165) is 11.3 Å². The highest BCUT2D eigenvalue weighted by molar-refractivity contribution is 7.93. The number of rotatable bonds is 8. The van der Waals surface area contributed by atoms with Gasteiger partial charge in [0.05, 0.1) is 18.4 Å². The summed E-state index contributed by atoms with van der Waals surface area (Å²) >= 11 is 1.16. The van der Waals surface area contributed by atoms with Crippen molar-refractivity contribution >= 4 is 27.1 Å². The monoisotopic (exact) mass is 409 g/mol. The maximum Gasteiger partial charge on any atom is 0.194 e. The average Bonchev–Trinajstić information content (AvgIpc) is 3.16. The molecule has 0 aliphatic heterocycles. The summed E-state index contributed by atoms with van der Waals surface area (Å²) < 4.78 is 24.8. The van der Waals surface area contributed by atoms with Crippen molar-refractivity contribution in [2.75, 3.05) is 25.9 Å². The Hall–Kier alpha value is -1.90. The molecule has 0 bridgehead atoms. The summed E-state index contributed by atoms with van der Waals surface area (Å²) in [5.41, 5.74) is 2.38. The highest BCUT2D eigenvalue weighted by Crippen LogP contribution is 2.18. The van der Waals surface area contributed by atoms with Crippen molar-refractivity contribution in [2.45, 2.75) is 30.7 Å². The van der Waals surface area contributed by atoms with Crippen molar-refractivity contribution in [3.63, 3.8) is 0 Å². The summed E-state index contributed by atoms with van der Waals surface area (Å²) in [6.45, 7) is 5.40. The number of nitrogens with one attached hydrogen (secondary N) is 1. The van der Waals surface area contributed by atoms with E-state index < -0.39 is 15.9 Å². The number of nitrogens with zero attached hydrogens (tertiary/aromatic N) is 2. The van der Waals surface area contributed by atoms with E-state index >= 15 is 0 Å². The normalized spacial score (nSPS) is 13.4. The zero-order valence-corrected chi connectivity index (χ0v) is 17.6. The molecule has 1 unspecified atom stereocenters. The first kappa shape index (κ1) is 21.4. The second-order valence-corrected chi connectivity index (χ2v) is 9.55. The quantitative estimate of drug-likeness (QED) is 0.516. The number of guanidine groups is 1. The van der Waals surface area contributed by atoms with E-state index in [0.29, 0.717) is 19.0 Å². The molecule has 0 saturated heterocycles. The minimum absolute atomic E-state index is 0.0189. The van der Waals surface area contributed by atoms with Crippen LogP contribution in [0, 0.1) is 6.92 Å². The summed E-state index contributed by atoms with van der Waals surface area (Å²) in [7, 11) is -1.57. The van der Waals surface area contributed by atoms with Gasteiger partial charge in [-0.15, -0.1) is 11.3 Å². The van der Waals surface area contributed by atoms with Crippen molar-refractivity contribution in [3.8, 4) is 0 Å². The molecule has 2 aromatic rings. The van der Waals surface area contributed by atoms with Gasteiger partial charge in [-0.25, -0.2) is 8.42 Å². The number of aliphatic hydroxyl groups is 1. The molecule has 1 atom stereocenters. The predicted octanol–water partition coefficient (Wildman–Crippen LogP) is 2.29. The molecule has 6 nitrogen and oxygen atoms in total. The first-order chi connectivity index (χ1) is 12.8. The fraction of sp³-hybridized carbons (Fsp3) is 0.421. The fourth-order valence-corrected chi connectivity index (χ4v) is 5.08. The third-order valence-electron chi connectivity index (χ3n) is 4.03. The van der Waals surface area contributed by atoms with Crippen LogP contribution in [-0.4, -0.2) is 56.4 Å². The molecule has 8 heteroatoms. The van der Waals surface area contributed by atoms with Crippen LogP contribution in [0.1, 0.15) is 18.1 Å². The number of benzene rings is 1. The van der Waals surface area contributed by atoms with Gasteiger partial charge in [-0.1, -0.05) is 30.3 Å². The van der Waals surface area contributed by atoms with E-state index in [9.17, 15) is 13.5 Å². The molecule has 148 valence electrons. The van der Waals surface area contributed by atoms with Gasteiger partial charge in [0.2, 0.25) is 0 Å². The highest BCUT2D eigenvalue weighted by Gasteiger charge is 2.21. The van der Waals surface area contributed by atoms with Crippen LogP contribution in [0.5, 0.6) is 0 Å². The highest BCUT2D eigenvalue weighted by atomic mass is 32.2. The van der Waals surface area contributed by atoms with Crippen LogP contribution >= 0.6 is 11.3 Å². The molecule has 1 aromatic heterocycles. The second kappa shape index (κ2) is 9.87. The first-order valence-electron chi connectivity index (χ1n) is 8.81. The van der Waals surface area contributed by atoms with Crippen LogP contribution in [-0.2, 0) is 16.4 Å². The van der Waals surface area contributed by atoms with Gasteiger partial charge in [0.1, 0.15) is 4.21 Å². The van der Waals surface area contributed by atoms with Crippen LogP contribution in [0.2, 0.25) is 0 Å². The lowest BCUT2D eigenvalue weighted by Crippen LogP contribution is -2.39. The molecule has 2 rings (SSSR count). The van der Waals surface area contributed by atoms with Gasteiger partial charge >= 0.3 is 0 Å². The summed E-state index contributed by atoms with van der Waals surface area (Å²) in [4.78, 5) is 6.39. The van der Waals surface area contributed by atoms with Crippen LogP contribution in [0.25, 0.3) is 0 Å². The van der Waals surface area contributed by atoms with Crippen molar-refractivity contribution in [2.24, 2.45) is 4.99 Å². The number of sulfone groups is 1. The third-order valence-corrected chi connectivity index (χ3v) is 7.32. The Morgan fingerprint density at radius 1 is 1.30 bits per heavy atom. The molecule has 0 radical (unpaired) electrons. The molecule has 0 aliphatic rings. The Bertz CT molecular complexity index is 849. The van der Waals surface area contributed by atoms with E-state index in [2.05, 4.69) is 29.4 Å². The Morgan fingerprint density at radius 3 is 2.67 bits per heavy atom. The van der Waals surface area contributed by atoms with Gasteiger partial charge < -0.3 is 15.3 Å². The number of aliphatic hydroxyl groups excluding tert-OH is 1. The average molecular weight is 410 g/mol. The number of aliphatic imine (C=N–C) groups is 1. The summed E-state index contributed by atoms with van der Waals surface area (Å²) in [5, 5.41) is 15.1. The number of aryl methyl sites for hydroxylation is 1. The molecular formula is C19H27N3O3S2. The molecule has 1 aromatic carbocycles. The molecular weight excluding hydrogens is 382 g/mol. The van der Waals surface area contributed by atoms with E-state index in [1.165, 1.54) is 11.1 Å². The fourth-order valence-electron chi connectivity index (χ4n) is 2.61. The van der Waals surface area contributed by atoms with Crippen LogP contribution in [0.3, 0.4) is 0 Å². The molecule has 0 saturated carbocycles. The summed E-state index contributed by atoms with van der Waals surface area (Å²) in [5.74, 6) is 0.297. The topological polar surface area (TPSA) is 82.0 Å². The minimum Gasteiger partial charge on any atom is -0.390 e. The van der Waals surface area contributed by atoms with Gasteiger partial charge in [-0.3, -0.25) is 4.99 Å². The second-order valence-electron chi connectivity index (χ2n) is 6.34. The molecule has 0 aliphatic carbocycles. The van der Waals surface area contributed by atoms with Crippen LogP contribution in [0.4, 0.5) is 0 Å². The van der Waals surface area contributed by atoms with Gasteiger partial charge in [-0.05, 0) is 36.4 Å². The van der Waals surface area contributed by atoms with Crippen LogP contribution in [0.15, 0.2) is 51.0 Å². The maximum absolute atomic E-state index is 12.3. The lowest BCUT2D eigenvalue weighted by Gasteiger charge is -2.23. The van der Waals surface area contributed by atoms with Crippen molar-refractivity contribution in [1.82, 2.24) is 10.2 Å². The first-order valence-corrected chi connectivity index (χ1v) is 11.3. The third kappa shape index (κ3) is 6.34. The Labute approximate surface area is 165 Å². The summed E-state index contributed by atoms with van der Waals surface area (Å²) in [6.07, 6.45) is -1.06. The molecule has 27 heavy (non-hydrogen) atoms. The predicted molar refractivity (Wildman–Crippen MR) is 111 cm³/mol. The van der Waals surface area contributed by atoms with Crippen molar-refractivity contribution < 1.29 is 13.5 Å². The van der Waals surface area contributed by atoms with E-state index in [4.69, 9.17) is 0 Å². The lowest BCUT2D eigenvalue weighted by molar-refractivity contribution is 0.205. The molecule has 0 fully saturated rings. The lowest BCUT2D eigenvalue weighted by atomic mass is 10.1. The van der Waals surface area contributed by atoms with E-state index in [-0.39, 0.29) is 16.5 Å². The van der Waals surface area contributed by atoms with Gasteiger partial charge in [0.25, 0.3) is 0 Å². The van der Waals surface area contributed by atoms with E-state index in [1.807, 2.05) is 31.0 Å². The maximum atomic E-state index is 12.3. The number of hydrogen-bond acceptors (Lipinski definition) is 5. The SMILES string of the molecule is CCNC(=NCC(O)CS(=O)(=O)c1cccs1)N(C)Cc1ccccc1C. The van der Waals surface area contributed by atoms with Crippen molar-refractivity contribution in [3.05, 3.63) is 52.9 Å². The van der Waals surface area contributed by atoms with Crippen LogP contribution < -0.4 is 5.32 Å². The van der Waals surface area contributed by atoms with Gasteiger partial charge in [0.15, 0.2) is 15.8 Å². The molecule has 1 heterocycles. The van der Waals surface area contributed by atoms with E-state index in [1.54, 1.807) is 17.5 Å². The van der Waals surface area contributed by atoms with Gasteiger partial charge in [0, 0.05) is 20.1 Å². The Balaban J connectivity index is 2.02. The largest absolute Gasteiger partial charge is 0.390 e. The Morgan fingerprint density at radius 2 is 2.04 bits per heavy atom. The molecule has 0 amide bonds. The Kier molecular flexibility index (Phi) is 7.82.